The maximum Gasteiger partial charge on any atom is 0.267 e. The fourth-order valence-corrected chi connectivity index (χ4v) is 4.32. The van der Waals surface area contributed by atoms with Gasteiger partial charge >= 0.3 is 0 Å². The average Bonchev–Trinajstić information content (AvgIpc) is 2.92. The molecule has 1 aromatic heterocycles. The molecular formula is C22H27N5O3. The zero-order chi connectivity index (χ0) is 21.1. The third-order valence-electron chi connectivity index (χ3n) is 6.02. The van der Waals surface area contributed by atoms with Crippen LogP contribution in [0.25, 0.3) is 0 Å². The second kappa shape index (κ2) is 8.69. The van der Waals surface area contributed by atoms with Gasteiger partial charge in [0.05, 0.1) is 6.54 Å². The number of carbonyl (C=O) groups is 2. The van der Waals surface area contributed by atoms with Gasteiger partial charge in [-0.3, -0.25) is 9.59 Å². The van der Waals surface area contributed by atoms with Gasteiger partial charge in [0.2, 0.25) is 11.8 Å². The van der Waals surface area contributed by atoms with Crippen LogP contribution in [0.15, 0.2) is 30.6 Å². The van der Waals surface area contributed by atoms with Crippen molar-refractivity contribution in [2.24, 2.45) is 5.92 Å². The number of hydrogen-bond donors (Lipinski definition) is 2. The van der Waals surface area contributed by atoms with Gasteiger partial charge < -0.3 is 20.7 Å². The Balaban J connectivity index is 1.43. The highest BCUT2D eigenvalue weighted by atomic mass is 16.5. The third kappa shape index (κ3) is 4.22. The van der Waals surface area contributed by atoms with E-state index < -0.39 is 0 Å². The summed E-state index contributed by atoms with van der Waals surface area (Å²) < 4.78 is 5.60. The van der Waals surface area contributed by atoms with E-state index in [-0.39, 0.29) is 29.1 Å². The molecule has 2 heterocycles. The molecule has 158 valence electrons. The molecule has 0 unspecified atom stereocenters. The van der Waals surface area contributed by atoms with Crippen LogP contribution >= 0.6 is 0 Å². The number of benzene rings is 1. The van der Waals surface area contributed by atoms with Gasteiger partial charge in [-0.05, 0) is 55.2 Å². The first-order valence-corrected chi connectivity index (χ1v) is 10.4. The van der Waals surface area contributed by atoms with Crippen LogP contribution in [-0.4, -0.2) is 41.5 Å². The van der Waals surface area contributed by atoms with Crippen molar-refractivity contribution in [1.82, 2.24) is 15.3 Å². The first-order valence-electron chi connectivity index (χ1n) is 10.4. The van der Waals surface area contributed by atoms with E-state index in [1.54, 1.807) is 11.8 Å². The van der Waals surface area contributed by atoms with E-state index in [1.807, 2.05) is 12.1 Å². The molecule has 0 bridgehead atoms. The second-order valence-electron chi connectivity index (χ2n) is 7.99. The molecule has 8 nitrogen and oxygen atoms in total. The summed E-state index contributed by atoms with van der Waals surface area (Å²) in [4.78, 5) is 33.8. The number of nitrogen functional groups attached to an aromatic ring is 1. The molecule has 0 saturated heterocycles. The Morgan fingerprint density at radius 1 is 1.20 bits per heavy atom. The van der Waals surface area contributed by atoms with Crippen LogP contribution in [0.5, 0.6) is 5.88 Å². The van der Waals surface area contributed by atoms with Gasteiger partial charge in [-0.2, -0.15) is 0 Å². The molecule has 0 spiro atoms. The standard InChI is InChI=1S/C22H27N5O3/c1-14(28)24-12-15-2-4-16(5-3-15)17-6-8-18(9-7-17)27-10-11-30-21-19(22(27)29)20(23)25-13-26-21/h6-9,13,15-16H,2-5,10-12H2,1H3,(H,24,28)(H2,23,25,26). The van der Waals surface area contributed by atoms with Crippen LogP contribution in [0.1, 0.15) is 54.4 Å². The molecule has 1 saturated carbocycles. The normalized spacial score (nSPS) is 21.4. The van der Waals surface area contributed by atoms with E-state index in [0.717, 1.165) is 37.9 Å². The molecule has 0 atom stereocenters. The maximum atomic E-state index is 13.0. The Morgan fingerprint density at radius 3 is 2.63 bits per heavy atom. The fourth-order valence-electron chi connectivity index (χ4n) is 4.32. The van der Waals surface area contributed by atoms with Gasteiger partial charge in [0, 0.05) is 19.2 Å². The van der Waals surface area contributed by atoms with Crippen LogP contribution in [0, 0.1) is 5.92 Å². The number of hydrogen-bond acceptors (Lipinski definition) is 6. The van der Waals surface area contributed by atoms with Gasteiger partial charge in [0.25, 0.3) is 5.91 Å². The first kappa shape index (κ1) is 20.1. The van der Waals surface area contributed by atoms with E-state index in [9.17, 15) is 9.59 Å². The highest BCUT2D eigenvalue weighted by Crippen LogP contribution is 2.36. The van der Waals surface area contributed by atoms with Crippen LogP contribution in [0.3, 0.4) is 0 Å². The lowest BCUT2D eigenvalue weighted by Crippen LogP contribution is -2.32. The van der Waals surface area contributed by atoms with Gasteiger partial charge in [0.15, 0.2) is 0 Å². The summed E-state index contributed by atoms with van der Waals surface area (Å²) in [6.45, 7) is 3.10. The van der Waals surface area contributed by atoms with E-state index in [4.69, 9.17) is 10.5 Å². The summed E-state index contributed by atoms with van der Waals surface area (Å²) in [5.74, 6) is 1.24. The number of fused-ring (bicyclic) bond motifs is 1. The Kier molecular flexibility index (Phi) is 5.83. The lowest BCUT2D eigenvalue weighted by molar-refractivity contribution is -0.119. The summed E-state index contributed by atoms with van der Waals surface area (Å²) in [6.07, 6.45) is 5.76. The lowest BCUT2D eigenvalue weighted by Gasteiger charge is -2.29. The number of nitrogens with zero attached hydrogens (tertiary/aromatic N) is 3. The minimum atomic E-state index is -0.244. The van der Waals surface area contributed by atoms with Gasteiger partial charge in [-0.1, -0.05) is 12.1 Å². The van der Waals surface area contributed by atoms with E-state index >= 15 is 0 Å². The van der Waals surface area contributed by atoms with Gasteiger partial charge in [0.1, 0.15) is 24.3 Å². The molecule has 1 aliphatic heterocycles. The Bertz CT molecular complexity index is 923. The highest BCUT2D eigenvalue weighted by Gasteiger charge is 2.29. The Hall–Kier alpha value is -3.16. The maximum absolute atomic E-state index is 13.0. The summed E-state index contributed by atoms with van der Waals surface area (Å²) >= 11 is 0. The van der Waals surface area contributed by atoms with Gasteiger partial charge in [-0.15, -0.1) is 0 Å². The largest absolute Gasteiger partial charge is 0.475 e. The van der Waals surface area contributed by atoms with Crippen molar-refractivity contribution in [3.05, 3.63) is 41.7 Å². The zero-order valence-corrected chi connectivity index (χ0v) is 17.1. The monoisotopic (exact) mass is 409 g/mol. The number of carbonyl (C=O) groups excluding carboxylic acids is 2. The molecule has 1 aromatic carbocycles. The minimum Gasteiger partial charge on any atom is -0.475 e. The van der Waals surface area contributed by atoms with Crippen LogP contribution in [0.2, 0.25) is 0 Å². The summed E-state index contributed by atoms with van der Waals surface area (Å²) in [6, 6.07) is 8.20. The number of amides is 2. The number of aromatic nitrogens is 2. The minimum absolute atomic E-state index is 0.0390. The molecule has 4 rings (SSSR count). The average molecular weight is 409 g/mol. The zero-order valence-electron chi connectivity index (χ0n) is 17.1. The van der Waals surface area contributed by atoms with Crippen molar-refractivity contribution < 1.29 is 14.3 Å². The molecule has 2 aliphatic rings. The fraction of sp³-hybridized carbons (Fsp3) is 0.455. The molecule has 30 heavy (non-hydrogen) atoms. The molecule has 1 fully saturated rings. The SMILES string of the molecule is CC(=O)NCC1CCC(c2ccc(N3CCOc4ncnc(N)c4C3=O)cc2)CC1. The first-order chi connectivity index (χ1) is 14.5. The number of rotatable bonds is 4. The predicted octanol–water partition coefficient (Wildman–Crippen LogP) is 2.51. The third-order valence-corrected chi connectivity index (χ3v) is 6.02. The van der Waals surface area contributed by atoms with E-state index in [1.165, 1.54) is 11.9 Å². The predicted molar refractivity (Wildman–Crippen MR) is 113 cm³/mol. The van der Waals surface area contributed by atoms with Gasteiger partial charge in [-0.25, -0.2) is 9.97 Å². The van der Waals surface area contributed by atoms with Crippen molar-refractivity contribution in [3.8, 4) is 5.88 Å². The molecule has 8 heteroatoms. The van der Waals surface area contributed by atoms with Crippen LogP contribution < -0.4 is 20.7 Å². The molecular weight excluding hydrogens is 382 g/mol. The van der Waals surface area contributed by atoms with Crippen LogP contribution in [0.4, 0.5) is 11.5 Å². The Morgan fingerprint density at radius 2 is 1.93 bits per heavy atom. The van der Waals surface area contributed by atoms with Crippen LogP contribution in [-0.2, 0) is 4.79 Å². The number of nitrogens with one attached hydrogen (secondary N) is 1. The Labute approximate surface area is 175 Å². The summed E-state index contributed by atoms with van der Waals surface area (Å²) in [5.41, 5.74) is 8.23. The lowest BCUT2D eigenvalue weighted by atomic mass is 9.78. The summed E-state index contributed by atoms with van der Waals surface area (Å²) in [7, 11) is 0. The van der Waals surface area contributed by atoms with Crippen molar-refractivity contribution in [1.29, 1.82) is 0 Å². The highest BCUT2D eigenvalue weighted by molar-refractivity contribution is 6.10. The summed E-state index contributed by atoms with van der Waals surface area (Å²) in [5, 5.41) is 2.93. The van der Waals surface area contributed by atoms with Crippen molar-refractivity contribution in [2.75, 3.05) is 30.3 Å². The smallest absolute Gasteiger partial charge is 0.267 e. The number of anilines is 2. The number of nitrogens with two attached hydrogens (primary N) is 1. The van der Waals surface area contributed by atoms with Crippen molar-refractivity contribution in [2.45, 2.75) is 38.5 Å². The molecule has 0 radical (unpaired) electrons. The van der Waals surface area contributed by atoms with E-state index in [0.29, 0.717) is 25.0 Å². The van der Waals surface area contributed by atoms with Crippen molar-refractivity contribution in [3.63, 3.8) is 0 Å². The van der Waals surface area contributed by atoms with Crippen molar-refractivity contribution >= 4 is 23.3 Å². The molecule has 2 amide bonds. The topological polar surface area (TPSA) is 110 Å². The molecule has 3 N–H and O–H groups in total. The molecule has 2 aromatic rings. The second-order valence-corrected chi connectivity index (χ2v) is 7.99. The molecule has 1 aliphatic carbocycles. The quantitative estimate of drug-likeness (QED) is 0.803. The number of ether oxygens (including phenoxy) is 1. The van der Waals surface area contributed by atoms with E-state index in [2.05, 4.69) is 27.4 Å².